The van der Waals surface area contributed by atoms with Crippen molar-refractivity contribution in [2.24, 2.45) is 0 Å². The van der Waals surface area contributed by atoms with E-state index in [2.05, 4.69) is 37.2 Å². The number of aliphatic hydroxyl groups excluding tert-OH is 1. The summed E-state index contributed by atoms with van der Waals surface area (Å²) in [6.07, 6.45) is 0. The van der Waals surface area contributed by atoms with Crippen LogP contribution in [0.25, 0.3) is 0 Å². The van der Waals surface area contributed by atoms with E-state index in [1.54, 1.807) is 7.11 Å². The van der Waals surface area contributed by atoms with Crippen molar-refractivity contribution in [2.45, 2.75) is 12.6 Å². The number of halogens is 2. The molecule has 0 heterocycles. The number of aliphatic hydroxyl groups is 1. The van der Waals surface area contributed by atoms with Crippen LogP contribution in [-0.2, 0) is 6.54 Å². The van der Waals surface area contributed by atoms with Gasteiger partial charge in [-0.2, -0.15) is 0 Å². The van der Waals surface area contributed by atoms with Gasteiger partial charge in [0, 0.05) is 16.6 Å². The quantitative estimate of drug-likeness (QED) is 0.749. The monoisotopic (exact) mass is 413 g/mol. The molecule has 0 spiro atoms. The summed E-state index contributed by atoms with van der Waals surface area (Å²) in [5, 5.41) is 12.9. The molecule has 0 aliphatic rings. The number of benzene rings is 2. The Balaban J connectivity index is 2.15. The standard InChI is InChI=1S/C16H17Br2NO2/c1-21-16-12(7-13(17)8-14(16)18)9-19-15(10-20)11-5-3-2-4-6-11/h2-8,15,19-20H,9-10H2,1H3/t15-/m0/s1. The van der Waals surface area contributed by atoms with Crippen LogP contribution in [0.1, 0.15) is 17.2 Å². The van der Waals surface area contributed by atoms with Crippen molar-refractivity contribution < 1.29 is 9.84 Å². The smallest absolute Gasteiger partial charge is 0.137 e. The van der Waals surface area contributed by atoms with Crippen molar-refractivity contribution in [1.82, 2.24) is 5.32 Å². The Morgan fingerprint density at radius 2 is 1.90 bits per heavy atom. The van der Waals surface area contributed by atoms with Crippen molar-refractivity contribution in [2.75, 3.05) is 13.7 Å². The molecule has 112 valence electrons. The van der Waals surface area contributed by atoms with Gasteiger partial charge in [-0.05, 0) is 33.6 Å². The summed E-state index contributed by atoms with van der Waals surface area (Å²) in [5.74, 6) is 0.801. The van der Waals surface area contributed by atoms with Gasteiger partial charge in [-0.1, -0.05) is 46.3 Å². The molecule has 0 saturated heterocycles. The van der Waals surface area contributed by atoms with Crippen molar-refractivity contribution in [3.8, 4) is 5.75 Å². The fourth-order valence-corrected chi connectivity index (χ4v) is 3.66. The van der Waals surface area contributed by atoms with Gasteiger partial charge in [0.25, 0.3) is 0 Å². The largest absolute Gasteiger partial charge is 0.495 e. The van der Waals surface area contributed by atoms with E-state index in [0.717, 1.165) is 25.8 Å². The second kappa shape index (κ2) is 7.94. The molecular formula is C16H17Br2NO2. The van der Waals surface area contributed by atoms with E-state index in [1.807, 2.05) is 42.5 Å². The van der Waals surface area contributed by atoms with Gasteiger partial charge in [-0.25, -0.2) is 0 Å². The third-order valence-corrected chi connectivity index (χ3v) is 4.26. The summed E-state index contributed by atoms with van der Waals surface area (Å²) < 4.78 is 7.31. The Morgan fingerprint density at radius 3 is 2.52 bits per heavy atom. The van der Waals surface area contributed by atoms with Crippen molar-refractivity contribution in [1.29, 1.82) is 0 Å². The Bertz CT molecular complexity index is 590. The zero-order chi connectivity index (χ0) is 15.2. The second-order valence-electron chi connectivity index (χ2n) is 4.61. The zero-order valence-electron chi connectivity index (χ0n) is 11.6. The fraction of sp³-hybridized carbons (Fsp3) is 0.250. The van der Waals surface area contributed by atoms with Crippen LogP contribution in [0.3, 0.4) is 0 Å². The maximum absolute atomic E-state index is 9.58. The van der Waals surface area contributed by atoms with Crippen LogP contribution in [0.15, 0.2) is 51.4 Å². The van der Waals surface area contributed by atoms with E-state index < -0.39 is 0 Å². The maximum atomic E-state index is 9.58. The van der Waals surface area contributed by atoms with Gasteiger partial charge in [0.15, 0.2) is 0 Å². The van der Waals surface area contributed by atoms with Crippen LogP contribution in [0.4, 0.5) is 0 Å². The average Bonchev–Trinajstić information content (AvgIpc) is 2.48. The molecule has 0 aromatic heterocycles. The van der Waals surface area contributed by atoms with Gasteiger partial charge >= 0.3 is 0 Å². The fourth-order valence-electron chi connectivity index (χ4n) is 2.18. The first-order valence-corrected chi connectivity index (χ1v) is 8.15. The van der Waals surface area contributed by atoms with E-state index in [1.165, 1.54) is 0 Å². The molecule has 2 aromatic carbocycles. The normalized spacial score (nSPS) is 12.2. The molecule has 1 atom stereocenters. The van der Waals surface area contributed by atoms with Crippen LogP contribution in [0.5, 0.6) is 5.75 Å². The van der Waals surface area contributed by atoms with E-state index in [4.69, 9.17) is 4.74 Å². The molecule has 2 rings (SSSR count). The van der Waals surface area contributed by atoms with E-state index >= 15 is 0 Å². The lowest BCUT2D eigenvalue weighted by Gasteiger charge is -2.18. The van der Waals surface area contributed by atoms with Crippen LogP contribution >= 0.6 is 31.9 Å². The van der Waals surface area contributed by atoms with E-state index in [0.29, 0.717) is 6.54 Å². The highest BCUT2D eigenvalue weighted by Gasteiger charge is 2.13. The summed E-state index contributed by atoms with van der Waals surface area (Å²) in [4.78, 5) is 0. The van der Waals surface area contributed by atoms with Crippen LogP contribution in [0.2, 0.25) is 0 Å². The molecule has 0 unspecified atom stereocenters. The third-order valence-electron chi connectivity index (χ3n) is 3.21. The van der Waals surface area contributed by atoms with Crippen molar-refractivity contribution in [3.05, 3.63) is 62.5 Å². The molecule has 0 fully saturated rings. The molecule has 0 amide bonds. The minimum atomic E-state index is -0.103. The van der Waals surface area contributed by atoms with Crippen molar-refractivity contribution in [3.63, 3.8) is 0 Å². The van der Waals surface area contributed by atoms with Crippen molar-refractivity contribution >= 4 is 31.9 Å². The molecule has 21 heavy (non-hydrogen) atoms. The molecule has 3 nitrogen and oxygen atoms in total. The summed E-state index contributed by atoms with van der Waals surface area (Å²) in [7, 11) is 1.65. The first-order chi connectivity index (χ1) is 10.2. The Hall–Kier alpha value is -0.880. The van der Waals surface area contributed by atoms with E-state index in [9.17, 15) is 5.11 Å². The lowest BCUT2D eigenvalue weighted by atomic mass is 10.1. The molecular weight excluding hydrogens is 398 g/mol. The minimum absolute atomic E-state index is 0.0432. The second-order valence-corrected chi connectivity index (χ2v) is 6.38. The minimum Gasteiger partial charge on any atom is -0.495 e. The molecule has 0 radical (unpaired) electrons. The molecule has 0 bridgehead atoms. The predicted octanol–water partition coefficient (Wildman–Crippen LogP) is 4.04. The maximum Gasteiger partial charge on any atom is 0.137 e. The van der Waals surface area contributed by atoms with Gasteiger partial charge in [0.2, 0.25) is 0 Å². The first-order valence-electron chi connectivity index (χ1n) is 6.56. The number of hydrogen-bond acceptors (Lipinski definition) is 3. The van der Waals surface area contributed by atoms with E-state index in [-0.39, 0.29) is 12.6 Å². The van der Waals surface area contributed by atoms with Crippen LogP contribution in [-0.4, -0.2) is 18.8 Å². The predicted molar refractivity (Wildman–Crippen MR) is 91.5 cm³/mol. The molecule has 2 aromatic rings. The van der Waals surface area contributed by atoms with Gasteiger partial charge in [0.1, 0.15) is 5.75 Å². The lowest BCUT2D eigenvalue weighted by Crippen LogP contribution is -2.24. The molecule has 0 saturated carbocycles. The highest BCUT2D eigenvalue weighted by atomic mass is 79.9. The molecule has 2 N–H and O–H groups in total. The molecule has 0 aliphatic carbocycles. The van der Waals surface area contributed by atoms with Crippen LogP contribution < -0.4 is 10.1 Å². The van der Waals surface area contributed by atoms with Gasteiger partial charge < -0.3 is 15.2 Å². The Kier molecular flexibility index (Phi) is 6.23. The summed E-state index contributed by atoms with van der Waals surface area (Å²) in [6, 6.07) is 13.8. The highest BCUT2D eigenvalue weighted by Crippen LogP contribution is 2.32. The van der Waals surface area contributed by atoms with Gasteiger partial charge in [-0.15, -0.1) is 0 Å². The highest BCUT2D eigenvalue weighted by molar-refractivity contribution is 9.11. The number of methoxy groups -OCH3 is 1. The third kappa shape index (κ3) is 4.30. The SMILES string of the molecule is COc1c(Br)cc(Br)cc1CN[C@@H](CO)c1ccccc1. The molecule has 5 heteroatoms. The summed E-state index contributed by atoms with van der Waals surface area (Å²) in [5.41, 5.74) is 2.08. The van der Waals surface area contributed by atoms with Crippen LogP contribution in [0, 0.1) is 0 Å². The summed E-state index contributed by atoms with van der Waals surface area (Å²) in [6.45, 7) is 0.642. The number of ether oxygens (including phenoxy) is 1. The number of rotatable bonds is 6. The van der Waals surface area contributed by atoms with Gasteiger partial charge in [-0.3, -0.25) is 0 Å². The topological polar surface area (TPSA) is 41.5 Å². The Morgan fingerprint density at radius 1 is 1.19 bits per heavy atom. The first kappa shape index (κ1) is 16.5. The number of hydrogen-bond donors (Lipinski definition) is 2. The van der Waals surface area contributed by atoms with Gasteiger partial charge in [0.05, 0.1) is 24.2 Å². The number of nitrogens with one attached hydrogen (secondary N) is 1. The zero-order valence-corrected chi connectivity index (χ0v) is 14.8. The average molecular weight is 415 g/mol. The Labute approximate surface area is 141 Å². The molecule has 0 aliphatic heterocycles. The lowest BCUT2D eigenvalue weighted by molar-refractivity contribution is 0.243. The summed E-state index contributed by atoms with van der Waals surface area (Å²) >= 11 is 6.98.